The van der Waals surface area contributed by atoms with E-state index >= 15 is 0 Å². The van der Waals surface area contributed by atoms with E-state index in [1.54, 1.807) is 14.2 Å². The number of amides is 1. The molecular formula is C20H26N2O3. The molecule has 0 saturated heterocycles. The Morgan fingerprint density at radius 1 is 1.20 bits per heavy atom. The van der Waals surface area contributed by atoms with Crippen molar-refractivity contribution in [3.8, 4) is 11.5 Å². The van der Waals surface area contributed by atoms with Crippen LogP contribution in [0.4, 0.5) is 0 Å². The van der Waals surface area contributed by atoms with E-state index in [-0.39, 0.29) is 5.91 Å². The van der Waals surface area contributed by atoms with Crippen molar-refractivity contribution in [2.75, 3.05) is 20.8 Å². The highest BCUT2D eigenvalue weighted by Crippen LogP contribution is 2.38. The lowest BCUT2D eigenvalue weighted by Crippen LogP contribution is -2.26. The van der Waals surface area contributed by atoms with Crippen LogP contribution in [0.2, 0.25) is 0 Å². The first-order chi connectivity index (χ1) is 12.0. The molecule has 0 aliphatic heterocycles. The van der Waals surface area contributed by atoms with Gasteiger partial charge in [-0.15, -0.1) is 0 Å². The SMILES string of the molecule is COc1ccc(OC)c(CCNC(=O)c2cc(C)n(C3CC3)c2C)c1. The number of hydrogen-bond donors (Lipinski definition) is 1. The van der Waals surface area contributed by atoms with Gasteiger partial charge in [0, 0.05) is 24.0 Å². The topological polar surface area (TPSA) is 52.5 Å². The van der Waals surface area contributed by atoms with E-state index in [1.807, 2.05) is 31.2 Å². The van der Waals surface area contributed by atoms with Crippen molar-refractivity contribution in [3.63, 3.8) is 0 Å². The number of hydrogen-bond acceptors (Lipinski definition) is 3. The Morgan fingerprint density at radius 3 is 2.60 bits per heavy atom. The zero-order chi connectivity index (χ0) is 18.0. The van der Waals surface area contributed by atoms with Crippen LogP contribution >= 0.6 is 0 Å². The summed E-state index contributed by atoms with van der Waals surface area (Å²) in [6.07, 6.45) is 3.12. The average molecular weight is 342 g/mol. The number of carbonyl (C=O) groups is 1. The molecule has 0 atom stereocenters. The third-order valence-electron chi connectivity index (χ3n) is 4.81. The van der Waals surface area contributed by atoms with Crippen molar-refractivity contribution >= 4 is 5.91 Å². The predicted molar refractivity (Wildman–Crippen MR) is 97.8 cm³/mol. The summed E-state index contributed by atoms with van der Waals surface area (Å²) in [7, 11) is 3.29. The Bertz CT molecular complexity index is 775. The molecule has 1 aromatic heterocycles. The first kappa shape index (κ1) is 17.4. The molecule has 1 N–H and O–H groups in total. The number of benzene rings is 1. The van der Waals surface area contributed by atoms with Crippen LogP contribution < -0.4 is 14.8 Å². The van der Waals surface area contributed by atoms with E-state index in [9.17, 15) is 4.79 Å². The van der Waals surface area contributed by atoms with Crippen LogP contribution in [0, 0.1) is 13.8 Å². The van der Waals surface area contributed by atoms with Gasteiger partial charge in [0.15, 0.2) is 0 Å². The summed E-state index contributed by atoms with van der Waals surface area (Å²) >= 11 is 0. The molecule has 5 heteroatoms. The Balaban J connectivity index is 1.64. The third-order valence-corrected chi connectivity index (χ3v) is 4.81. The van der Waals surface area contributed by atoms with Gasteiger partial charge in [0.05, 0.1) is 19.8 Å². The van der Waals surface area contributed by atoms with Crippen molar-refractivity contribution in [3.05, 3.63) is 46.8 Å². The van der Waals surface area contributed by atoms with Crippen molar-refractivity contribution in [2.24, 2.45) is 0 Å². The highest BCUT2D eigenvalue weighted by molar-refractivity contribution is 5.95. The van der Waals surface area contributed by atoms with Gasteiger partial charge in [-0.25, -0.2) is 0 Å². The first-order valence-electron chi connectivity index (χ1n) is 8.72. The minimum atomic E-state index is -0.0122. The van der Waals surface area contributed by atoms with Crippen LogP contribution in [-0.2, 0) is 6.42 Å². The molecule has 1 aliphatic rings. The maximum Gasteiger partial charge on any atom is 0.253 e. The highest BCUT2D eigenvalue weighted by atomic mass is 16.5. The normalized spacial score (nSPS) is 13.6. The summed E-state index contributed by atoms with van der Waals surface area (Å²) in [6.45, 7) is 4.66. The minimum Gasteiger partial charge on any atom is -0.497 e. The predicted octanol–water partition coefficient (Wildman–Crippen LogP) is 3.43. The maximum atomic E-state index is 12.6. The number of nitrogens with zero attached hydrogens (tertiary/aromatic N) is 1. The number of nitrogens with one attached hydrogen (secondary N) is 1. The minimum absolute atomic E-state index is 0.0122. The number of ether oxygens (including phenoxy) is 2. The van der Waals surface area contributed by atoms with Gasteiger partial charge >= 0.3 is 0 Å². The lowest BCUT2D eigenvalue weighted by molar-refractivity contribution is 0.0953. The third kappa shape index (κ3) is 3.65. The van der Waals surface area contributed by atoms with Gasteiger partial charge in [0.1, 0.15) is 11.5 Å². The zero-order valence-electron chi connectivity index (χ0n) is 15.4. The van der Waals surface area contributed by atoms with E-state index in [1.165, 1.54) is 18.5 Å². The van der Waals surface area contributed by atoms with Crippen LogP contribution in [0.1, 0.15) is 46.2 Å². The highest BCUT2D eigenvalue weighted by Gasteiger charge is 2.28. The van der Waals surface area contributed by atoms with Crippen molar-refractivity contribution in [1.82, 2.24) is 9.88 Å². The standard InChI is InChI=1S/C20H26N2O3/c1-13-11-18(14(2)22(13)16-5-6-16)20(23)21-10-9-15-12-17(24-3)7-8-19(15)25-4/h7-8,11-12,16H,5-6,9-10H2,1-4H3,(H,21,23). The summed E-state index contributed by atoms with van der Waals surface area (Å²) in [4.78, 5) is 12.6. The number of aryl methyl sites for hydroxylation is 1. The van der Waals surface area contributed by atoms with Crippen molar-refractivity contribution in [2.45, 2.75) is 39.2 Å². The molecule has 134 valence electrons. The average Bonchev–Trinajstić information content (AvgIpc) is 3.39. The van der Waals surface area contributed by atoms with E-state index in [4.69, 9.17) is 9.47 Å². The molecule has 2 aromatic rings. The van der Waals surface area contributed by atoms with Gasteiger partial charge in [-0.3, -0.25) is 4.79 Å². The number of rotatable bonds is 7. The van der Waals surface area contributed by atoms with E-state index in [2.05, 4.69) is 16.8 Å². The van der Waals surface area contributed by atoms with E-state index in [0.29, 0.717) is 19.0 Å². The van der Waals surface area contributed by atoms with E-state index in [0.717, 1.165) is 28.3 Å². The van der Waals surface area contributed by atoms with Gasteiger partial charge in [0.25, 0.3) is 5.91 Å². The van der Waals surface area contributed by atoms with Gasteiger partial charge < -0.3 is 19.4 Å². The molecule has 1 heterocycles. The second-order valence-corrected chi connectivity index (χ2v) is 6.57. The van der Waals surface area contributed by atoms with Gasteiger partial charge in [0.2, 0.25) is 0 Å². The molecule has 1 aliphatic carbocycles. The molecule has 0 bridgehead atoms. The molecule has 1 amide bonds. The molecule has 1 aromatic carbocycles. The summed E-state index contributed by atoms with van der Waals surface area (Å²) in [6, 6.07) is 8.29. The van der Waals surface area contributed by atoms with Crippen LogP contribution in [0.15, 0.2) is 24.3 Å². The quantitative estimate of drug-likeness (QED) is 0.839. The molecule has 25 heavy (non-hydrogen) atoms. The van der Waals surface area contributed by atoms with Crippen molar-refractivity contribution in [1.29, 1.82) is 0 Å². The van der Waals surface area contributed by atoms with Gasteiger partial charge in [-0.05, 0) is 62.9 Å². The lowest BCUT2D eigenvalue weighted by Gasteiger charge is -2.11. The molecule has 0 spiro atoms. The zero-order valence-corrected chi connectivity index (χ0v) is 15.4. The summed E-state index contributed by atoms with van der Waals surface area (Å²) < 4.78 is 12.9. The molecular weight excluding hydrogens is 316 g/mol. The smallest absolute Gasteiger partial charge is 0.253 e. The molecule has 1 saturated carbocycles. The number of carbonyl (C=O) groups excluding carboxylic acids is 1. The Labute approximate surface area is 148 Å². The second-order valence-electron chi connectivity index (χ2n) is 6.57. The molecule has 5 nitrogen and oxygen atoms in total. The Morgan fingerprint density at radius 2 is 1.96 bits per heavy atom. The number of methoxy groups -OCH3 is 2. The summed E-state index contributed by atoms with van der Waals surface area (Å²) in [5.74, 6) is 1.58. The largest absolute Gasteiger partial charge is 0.497 e. The molecule has 1 fully saturated rings. The summed E-state index contributed by atoms with van der Waals surface area (Å²) in [5, 5.41) is 3.03. The van der Waals surface area contributed by atoms with Crippen LogP contribution in [0.5, 0.6) is 11.5 Å². The van der Waals surface area contributed by atoms with Crippen LogP contribution in [0.3, 0.4) is 0 Å². The van der Waals surface area contributed by atoms with Crippen LogP contribution in [-0.4, -0.2) is 31.2 Å². The molecule has 0 radical (unpaired) electrons. The number of aromatic nitrogens is 1. The van der Waals surface area contributed by atoms with Gasteiger partial charge in [-0.1, -0.05) is 0 Å². The van der Waals surface area contributed by atoms with Crippen molar-refractivity contribution < 1.29 is 14.3 Å². The Kier molecular flexibility index (Phi) is 5.02. The fraction of sp³-hybridized carbons (Fsp3) is 0.450. The first-order valence-corrected chi connectivity index (χ1v) is 8.72. The second kappa shape index (κ2) is 7.21. The van der Waals surface area contributed by atoms with Gasteiger partial charge in [-0.2, -0.15) is 0 Å². The maximum absolute atomic E-state index is 12.6. The lowest BCUT2D eigenvalue weighted by atomic mass is 10.1. The van der Waals surface area contributed by atoms with E-state index < -0.39 is 0 Å². The monoisotopic (exact) mass is 342 g/mol. The Hall–Kier alpha value is -2.43. The summed E-state index contributed by atoms with van der Waals surface area (Å²) in [5.41, 5.74) is 4.03. The molecule has 0 unspecified atom stereocenters. The molecule has 3 rings (SSSR count). The fourth-order valence-corrected chi connectivity index (χ4v) is 3.38. The fourth-order valence-electron chi connectivity index (χ4n) is 3.38. The van der Waals surface area contributed by atoms with Crippen LogP contribution in [0.25, 0.3) is 0 Å².